The van der Waals surface area contributed by atoms with Crippen LogP contribution in [0.5, 0.6) is 0 Å². The van der Waals surface area contributed by atoms with Crippen LogP contribution in [0.4, 0.5) is 0 Å². The van der Waals surface area contributed by atoms with Crippen molar-refractivity contribution in [3.63, 3.8) is 0 Å². The standard InChI is InChI=1S/C41H25N5S/c1-3-11-26(12-4-1)39-44-40(27-13-5-2-6-14-27)46-41(45-39)29-16-9-15-28(25-29)30-20-21-33(37-31(30)18-10-23-42-37)38-36-32-17-7-8-19-34(32)47-35(36)22-24-43-38/h1-25H. The number of rotatable bonds is 5. The first-order chi connectivity index (χ1) is 23.3. The van der Waals surface area contributed by atoms with E-state index in [0.29, 0.717) is 17.5 Å². The Labute approximate surface area is 275 Å². The van der Waals surface area contributed by atoms with E-state index in [-0.39, 0.29) is 0 Å². The highest BCUT2D eigenvalue weighted by atomic mass is 32.1. The summed E-state index contributed by atoms with van der Waals surface area (Å²) in [5, 5.41) is 3.46. The van der Waals surface area contributed by atoms with Gasteiger partial charge in [0, 0.05) is 60.2 Å². The zero-order valence-corrected chi connectivity index (χ0v) is 25.9. The lowest BCUT2D eigenvalue weighted by molar-refractivity contribution is 1.07. The van der Waals surface area contributed by atoms with Crippen LogP contribution in [0, 0.1) is 0 Å². The molecule has 4 heterocycles. The summed E-state index contributed by atoms with van der Waals surface area (Å²) in [7, 11) is 0. The molecule has 0 saturated heterocycles. The van der Waals surface area contributed by atoms with Crippen LogP contribution in [-0.4, -0.2) is 24.9 Å². The Morgan fingerprint density at radius 2 is 1.02 bits per heavy atom. The molecule has 0 radical (unpaired) electrons. The lowest BCUT2D eigenvalue weighted by Crippen LogP contribution is -2.00. The molecule has 5 aromatic carbocycles. The van der Waals surface area contributed by atoms with Crippen LogP contribution < -0.4 is 0 Å². The van der Waals surface area contributed by atoms with Crippen molar-refractivity contribution in [1.29, 1.82) is 0 Å². The molecule has 9 rings (SSSR count). The molecule has 0 atom stereocenters. The van der Waals surface area contributed by atoms with Gasteiger partial charge in [-0.15, -0.1) is 11.3 Å². The summed E-state index contributed by atoms with van der Waals surface area (Å²) in [5.74, 6) is 1.90. The molecule has 0 bridgehead atoms. The van der Waals surface area contributed by atoms with Gasteiger partial charge in [0.25, 0.3) is 0 Å². The maximum absolute atomic E-state index is 4.96. The van der Waals surface area contributed by atoms with Crippen LogP contribution in [0.3, 0.4) is 0 Å². The fraction of sp³-hybridized carbons (Fsp3) is 0. The van der Waals surface area contributed by atoms with E-state index in [1.54, 1.807) is 11.3 Å². The largest absolute Gasteiger partial charge is 0.256 e. The maximum Gasteiger partial charge on any atom is 0.164 e. The normalized spacial score (nSPS) is 11.4. The van der Waals surface area contributed by atoms with Crippen LogP contribution in [0.1, 0.15) is 0 Å². The molecule has 220 valence electrons. The summed E-state index contributed by atoms with van der Waals surface area (Å²) in [6.45, 7) is 0. The number of aromatic nitrogens is 5. The first-order valence-electron chi connectivity index (χ1n) is 15.4. The first kappa shape index (κ1) is 27.2. The fourth-order valence-corrected chi connectivity index (χ4v) is 7.35. The van der Waals surface area contributed by atoms with Crippen molar-refractivity contribution in [2.75, 3.05) is 0 Å². The Hall–Kier alpha value is -6.11. The Balaban J connectivity index is 1.20. The Kier molecular flexibility index (Phi) is 6.58. The molecule has 47 heavy (non-hydrogen) atoms. The number of fused-ring (bicyclic) bond motifs is 4. The van der Waals surface area contributed by atoms with Crippen molar-refractivity contribution in [1.82, 2.24) is 24.9 Å². The van der Waals surface area contributed by atoms with E-state index < -0.39 is 0 Å². The number of benzene rings is 5. The highest BCUT2D eigenvalue weighted by molar-refractivity contribution is 7.25. The minimum atomic E-state index is 0.624. The molecule has 0 N–H and O–H groups in total. The minimum absolute atomic E-state index is 0.624. The van der Waals surface area contributed by atoms with Crippen molar-refractivity contribution in [3.05, 3.63) is 152 Å². The van der Waals surface area contributed by atoms with E-state index in [4.69, 9.17) is 24.9 Å². The Bertz CT molecular complexity index is 2520. The molecule has 6 heteroatoms. The number of pyridine rings is 2. The van der Waals surface area contributed by atoms with E-state index in [1.165, 1.54) is 20.2 Å². The van der Waals surface area contributed by atoms with Gasteiger partial charge in [0.1, 0.15) is 0 Å². The van der Waals surface area contributed by atoms with Crippen molar-refractivity contribution in [2.45, 2.75) is 0 Å². The molecule has 0 aliphatic rings. The van der Waals surface area contributed by atoms with Gasteiger partial charge in [0.2, 0.25) is 0 Å². The molecule has 0 fully saturated rings. The summed E-state index contributed by atoms with van der Waals surface area (Å²) in [5.41, 5.74) is 7.84. The number of hydrogen-bond donors (Lipinski definition) is 0. The van der Waals surface area contributed by atoms with Gasteiger partial charge in [-0.2, -0.15) is 0 Å². The number of nitrogens with zero attached hydrogens (tertiary/aromatic N) is 5. The predicted molar refractivity (Wildman–Crippen MR) is 193 cm³/mol. The molecule has 0 aliphatic carbocycles. The SMILES string of the molecule is c1ccc(-c2nc(-c3ccccc3)nc(-c3cccc(-c4ccc(-c5nccc6sc7ccccc7c56)c5ncccc45)c3)n2)cc1. The van der Waals surface area contributed by atoms with Crippen molar-refractivity contribution >= 4 is 42.4 Å². The third kappa shape index (κ3) is 4.83. The molecule has 0 amide bonds. The average molecular weight is 620 g/mol. The smallest absolute Gasteiger partial charge is 0.164 e. The van der Waals surface area contributed by atoms with E-state index in [9.17, 15) is 0 Å². The second-order valence-electron chi connectivity index (χ2n) is 11.3. The van der Waals surface area contributed by atoms with Crippen molar-refractivity contribution < 1.29 is 0 Å². The zero-order chi connectivity index (χ0) is 31.2. The molecule has 4 aromatic heterocycles. The summed E-state index contributed by atoms with van der Waals surface area (Å²) in [4.78, 5) is 24.6. The first-order valence-corrected chi connectivity index (χ1v) is 16.2. The topological polar surface area (TPSA) is 64.5 Å². The van der Waals surface area contributed by atoms with Crippen LogP contribution >= 0.6 is 11.3 Å². The highest BCUT2D eigenvalue weighted by Crippen LogP contribution is 2.42. The van der Waals surface area contributed by atoms with E-state index in [2.05, 4.69) is 72.8 Å². The van der Waals surface area contributed by atoms with Crippen molar-refractivity contribution in [3.8, 4) is 56.5 Å². The molecule has 5 nitrogen and oxygen atoms in total. The molecule has 0 spiro atoms. The van der Waals surface area contributed by atoms with Crippen LogP contribution in [0.2, 0.25) is 0 Å². The number of thiophene rings is 1. The van der Waals surface area contributed by atoms with Crippen LogP contribution in [-0.2, 0) is 0 Å². The molecular weight excluding hydrogens is 595 g/mol. The van der Waals surface area contributed by atoms with Gasteiger partial charge in [-0.05, 0) is 41.5 Å². The van der Waals surface area contributed by atoms with E-state index in [0.717, 1.165) is 50.0 Å². The van der Waals surface area contributed by atoms with Crippen LogP contribution in [0.15, 0.2) is 152 Å². The Morgan fingerprint density at radius 1 is 0.404 bits per heavy atom. The quantitative estimate of drug-likeness (QED) is 0.192. The van der Waals surface area contributed by atoms with Gasteiger partial charge < -0.3 is 0 Å². The molecule has 0 saturated carbocycles. The van der Waals surface area contributed by atoms with E-state index >= 15 is 0 Å². The van der Waals surface area contributed by atoms with Gasteiger partial charge in [-0.1, -0.05) is 109 Å². The molecule has 9 aromatic rings. The lowest BCUT2D eigenvalue weighted by Gasteiger charge is -2.13. The van der Waals surface area contributed by atoms with Gasteiger partial charge >= 0.3 is 0 Å². The maximum atomic E-state index is 4.96. The molecule has 0 aliphatic heterocycles. The molecule has 0 unspecified atom stereocenters. The zero-order valence-electron chi connectivity index (χ0n) is 25.1. The fourth-order valence-electron chi connectivity index (χ4n) is 6.25. The summed E-state index contributed by atoms with van der Waals surface area (Å²) < 4.78 is 2.48. The minimum Gasteiger partial charge on any atom is -0.256 e. The second-order valence-corrected chi connectivity index (χ2v) is 12.4. The van der Waals surface area contributed by atoms with Crippen LogP contribution in [0.25, 0.3) is 87.6 Å². The number of hydrogen-bond acceptors (Lipinski definition) is 6. The average Bonchev–Trinajstić information content (AvgIpc) is 3.54. The summed E-state index contributed by atoms with van der Waals surface area (Å²) >= 11 is 1.80. The van der Waals surface area contributed by atoms with E-state index in [1.807, 2.05) is 79.1 Å². The summed E-state index contributed by atoms with van der Waals surface area (Å²) in [6.07, 6.45) is 3.76. The Morgan fingerprint density at radius 3 is 1.79 bits per heavy atom. The predicted octanol–water partition coefficient (Wildman–Crippen LogP) is 10.5. The highest BCUT2D eigenvalue weighted by Gasteiger charge is 2.18. The van der Waals surface area contributed by atoms with Gasteiger partial charge in [0.05, 0.1) is 11.2 Å². The van der Waals surface area contributed by atoms with Gasteiger partial charge in [-0.3, -0.25) is 9.97 Å². The third-order valence-electron chi connectivity index (χ3n) is 8.45. The molecular formula is C41H25N5S. The van der Waals surface area contributed by atoms with Gasteiger partial charge in [-0.25, -0.2) is 15.0 Å². The third-order valence-corrected chi connectivity index (χ3v) is 9.58. The summed E-state index contributed by atoms with van der Waals surface area (Å²) in [6, 6.07) is 47.7. The second kappa shape index (κ2) is 11.4. The monoisotopic (exact) mass is 619 g/mol. The van der Waals surface area contributed by atoms with Gasteiger partial charge in [0.15, 0.2) is 17.5 Å². The van der Waals surface area contributed by atoms with Crippen molar-refractivity contribution in [2.24, 2.45) is 0 Å². The lowest BCUT2D eigenvalue weighted by atomic mass is 9.94.